The molecule has 0 atom stereocenters. The van der Waals surface area contributed by atoms with Crippen LogP contribution in [0, 0.1) is 0 Å². The van der Waals surface area contributed by atoms with Crippen LogP contribution in [0.5, 0.6) is 0 Å². The fourth-order valence-corrected chi connectivity index (χ4v) is 5.79. The van der Waals surface area contributed by atoms with Crippen LogP contribution in [0.25, 0.3) is 35.5 Å². The van der Waals surface area contributed by atoms with Crippen LogP contribution >= 0.6 is 0 Å². The van der Waals surface area contributed by atoms with E-state index < -0.39 is 0 Å². The van der Waals surface area contributed by atoms with Gasteiger partial charge in [0.2, 0.25) is 0 Å². The van der Waals surface area contributed by atoms with Crippen LogP contribution in [0.4, 0.5) is 0 Å². The van der Waals surface area contributed by atoms with Gasteiger partial charge in [0.1, 0.15) is 0 Å². The molecule has 6 rings (SSSR count). The van der Waals surface area contributed by atoms with Crippen LogP contribution in [0.3, 0.4) is 0 Å². The first-order valence-corrected chi connectivity index (χ1v) is 14.5. The van der Waals surface area contributed by atoms with Gasteiger partial charge in [-0.25, -0.2) is 0 Å². The number of carbonyl (C=O) groups is 2. The first-order valence-electron chi connectivity index (χ1n) is 14.5. The van der Waals surface area contributed by atoms with Gasteiger partial charge in [-0.3, -0.25) is 14.5 Å². The van der Waals surface area contributed by atoms with E-state index in [9.17, 15) is 9.59 Å². The predicted octanol–water partition coefficient (Wildman–Crippen LogP) is 8.64. The summed E-state index contributed by atoms with van der Waals surface area (Å²) in [6.45, 7) is 0. The summed E-state index contributed by atoms with van der Waals surface area (Å²) in [5.41, 5.74) is 6.90. The molecule has 2 aliphatic rings. The van der Waals surface area contributed by atoms with Crippen molar-refractivity contribution in [1.82, 2.24) is 4.90 Å². The molecule has 1 heterocycles. The molecule has 0 saturated heterocycles. The highest BCUT2D eigenvalue weighted by Crippen LogP contribution is 2.39. The maximum Gasteiger partial charge on any atom is 0.262 e. The average Bonchev–Trinajstić information content (AvgIpc) is 3.30. The van der Waals surface area contributed by atoms with Crippen LogP contribution in [0.15, 0.2) is 109 Å². The highest BCUT2D eigenvalue weighted by molar-refractivity contribution is 6.49. The fraction of sp³-hybridized carbons (Fsp3) is 0.158. The second kappa shape index (κ2) is 12.2. The summed E-state index contributed by atoms with van der Waals surface area (Å²) in [5.74, 6) is -0.338. The van der Waals surface area contributed by atoms with Gasteiger partial charge in [-0.1, -0.05) is 153 Å². The van der Waals surface area contributed by atoms with Gasteiger partial charge < -0.3 is 0 Å². The van der Waals surface area contributed by atoms with Crippen molar-refractivity contribution in [2.75, 3.05) is 0 Å². The van der Waals surface area contributed by atoms with E-state index in [2.05, 4.69) is 48.6 Å². The van der Waals surface area contributed by atoms with E-state index in [-0.39, 0.29) is 17.9 Å². The number of hydrogen-bond donors (Lipinski definition) is 0. The molecule has 3 heteroatoms. The van der Waals surface area contributed by atoms with Gasteiger partial charge in [-0.2, -0.15) is 0 Å². The monoisotopic (exact) mass is 535 g/mol. The lowest BCUT2D eigenvalue weighted by Crippen LogP contribution is -2.42. The normalized spacial score (nSPS) is 16.4. The summed E-state index contributed by atoms with van der Waals surface area (Å²) >= 11 is 0. The van der Waals surface area contributed by atoms with Crippen molar-refractivity contribution in [3.8, 4) is 0 Å². The number of hydrogen-bond acceptors (Lipinski definition) is 2. The standard InChI is InChI=1S/C38H33NO2/c40-37-35(32-24-20-30(21-25-32)18-16-28-10-4-1-5-11-28)36(38(41)39(37)34-14-8-3-9-15-34)33-26-22-31(23-27-33)19-17-29-12-6-2-7-13-29/h1-2,4-7,10-13,16-27,34H,3,8-9,14-15H2/b18-16+,19-17+. The number of imide groups is 1. The smallest absolute Gasteiger partial charge is 0.262 e. The molecule has 1 aliphatic carbocycles. The van der Waals surface area contributed by atoms with Crippen molar-refractivity contribution in [2.45, 2.75) is 38.1 Å². The lowest BCUT2D eigenvalue weighted by atomic mass is 9.94. The summed E-state index contributed by atoms with van der Waals surface area (Å²) in [6, 6.07) is 36.2. The summed E-state index contributed by atoms with van der Waals surface area (Å²) in [5, 5.41) is 0. The Bertz CT molecular complexity index is 1490. The SMILES string of the molecule is O=C1C(c2ccc(/C=C/c3ccccc3)cc2)=C(c2ccc(/C=C/c3ccccc3)cc2)C(=O)N1C1CCCCC1. The number of benzene rings is 4. The molecule has 1 saturated carbocycles. The maximum atomic E-state index is 13.9. The number of nitrogens with zero attached hydrogens (tertiary/aromatic N) is 1. The van der Waals surface area contributed by atoms with E-state index >= 15 is 0 Å². The Morgan fingerprint density at radius 1 is 0.463 bits per heavy atom. The Kier molecular flexibility index (Phi) is 7.86. The molecule has 0 aromatic heterocycles. The maximum absolute atomic E-state index is 13.9. The van der Waals surface area contributed by atoms with E-state index in [1.807, 2.05) is 84.9 Å². The zero-order valence-corrected chi connectivity index (χ0v) is 23.1. The lowest BCUT2D eigenvalue weighted by molar-refractivity contribution is -0.139. The minimum absolute atomic E-state index is 0.0302. The van der Waals surface area contributed by atoms with Gasteiger partial charge in [0.25, 0.3) is 11.8 Å². The molecule has 41 heavy (non-hydrogen) atoms. The van der Waals surface area contributed by atoms with Gasteiger partial charge in [0.05, 0.1) is 11.1 Å². The van der Waals surface area contributed by atoms with Crippen molar-refractivity contribution < 1.29 is 9.59 Å². The summed E-state index contributed by atoms with van der Waals surface area (Å²) < 4.78 is 0. The van der Waals surface area contributed by atoms with Crippen LogP contribution in [-0.2, 0) is 9.59 Å². The molecular weight excluding hydrogens is 502 g/mol. The van der Waals surface area contributed by atoms with E-state index in [4.69, 9.17) is 0 Å². The molecule has 0 spiro atoms. The van der Waals surface area contributed by atoms with Crippen LogP contribution in [0.1, 0.15) is 65.5 Å². The molecule has 2 amide bonds. The van der Waals surface area contributed by atoms with E-state index in [0.717, 1.165) is 65.5 Å². The molecule has 0 N–H and O–H groups in total. The van der Waals surface area contributed by atoms with Crippen LogP contribution in [0.2, 0.25) is 0 Å². The molecular formula is C38H33NO2. The largest absolute Gasteiger partial charge is 0.271 e. The Balaban J connectivity index is 1.33. The molecule has 4 aromatic carbocycles. The lowest BCUT2D eigenvalue weighted by Gasteiger charge is -2.30. The van der Waals surface area contributed by atoms with E-state index in [1.54, 1.807) is 4.90 Å². The Hall–Kier alpha value is -4.76. The summed E-state index contributed by atoms with van der Waals surface area (Å²) in [7, 11) is 0. The second-order valence-electron chi connectivity index (χ2n) is 10.8. The minimum Gasteiger partial charge on any atom is -0.271 e. The Morgan fingerprint density at radius 2 is 0.829 bits per heavy atom. The van der Waals surface area contributed by atoms with Gasteiger partial charge >= 0.3 is 0 Å². The molecule has 3 nitrogen and oxygen atoms in total. The first kappa shape index (κ1) is 26.5. The van der Waals surface area contributed by atoms with Crippen molar-refractivity contribution in [2.24, 2.45) is 0 Å². The van der Waals surface area contributed by atoms with Gasteiger partial charge in [-0.15, -0.1) is 0 Å². The molecule has 0 unspecified atom stereocenters. The Labute approximate surface area is 242 Å². The van der Waals surface area contributed by atoms with Crippen molar-refractivity contribution in [3.05, 3.63) is 143 Å². The number of carbonyl (C=O) groups excluding carboxylic acids is 2. The van der Waals surface area contributed by atoms with E-state index in [0.29, 0.717) is 11.1 Å². The zero-order chi connectivity index (χ0) is 28.0. The van der Waals surface area contributed by atoms with Gasteiger partial charge in [0, 0.05) is 6.04 Å². The molecule has 0 radical (unpaired) electrons. The molecule has 1 fully saturated rings. The predicted molar refractivity (Wildman–Crippen MR) is 169 cm³/mol. The third kappa shape index (κ3) is 5.90. The minimum atomic E-state index is -0.169. The summed E-state index contributed by atoms with van der Waals surface area (Å²) in [6.07, 6.45) is 13.3. The molecule has 4 aromatic rings. The van der Waals surface area contributed by atoms with Gasteiger partial charge in [0.15, 0.2) is 0 Å². The first-order chi connectivity index (χ1) is 20.2. The molecule has 202 valence electrons. The zero-order valence-electron chi connectivity index (χ0n) is 23.1. The average molecular weight is 536 g/mol. The highest BCUT2D eigenvalue weighted by Gasteiger charge is 2.43. The van der Waals surface area contributed by atoms with Crippen molar-refractivity contribution in [1.29, 1.82) is 0 Å². The van der Waals surface area contributed by atoms with Crippen LogP contribution in [-0.4, -0.2) is 22.8 Å². The fourth-order valence-electron chi connectivity index (χ4n) is 5.79. The molecule has 0 bridgehead atoms. The highest BCUT2D eigenvalue weighted by atomic mass is 16.2. The van der Waals surface area contributed by atoms with Gasteiger partial charge in [-0.05, 0) is 46.2 Å². The number of rotatable bonds is 7. The summed E-state index contributed by atoms with van der Waals surface area (Å²) in [4.78, 5) is 29.4. The van der Waals surface area contributed by atoms with E-state index in [1.165, 1.54) is 0 Å². The molecule has 1 aliphatic heterocycles. The topological polar surface area (TPSA) is 37.4 Å². The quantitative estimate of drug-likeness (QED) is 0.175. The third-order valence-electron chi connectivity index (χ3n) is 7.99. The van der Waals surface area contributed by atoms with Crippen molar-refractivity contribution >= 4 is 47.3 Å². The van der Waals surface area contributed by atoms with Crippen molar-refractivity contribution in [3.63, 3.8) is 0 Å². The second-order valence-corrected chi connectivity index (χ2v) is 10.8. The van der Waals surface area contributed by atoms with Crippen LogP contribution < -0.4 is 0 Å². The Morgan fingerprint density at radius 3 is 1.22 bits per heavy atom. The third-order valence-corrected chi connectivity index (χ3v) is 7.99. The number of amides is 2.